The van der Waals surface area contributed by atoms with Gasteiger partial charge in [-0.3, -0.25) is 4.99 Å². The topological polar surface area (TPSA) is 63.5 Å². The highest BCUT2D eigenvalue weighted by atomic mass is 19.4. The summed E-state index contributed by atoms with van der Waals surface area (Å²) in [5.41, 5.74) is -0.413. The number of benzene rings is 1. The summed E-state index contributed by atoms with van der Waals surface area (Å²) in [6, 6.07) is 4.35. The highest BCUT2D eigenvalue weighted by Gasteiger charge is 2.30. The van der Waals surface area contributed by atoms with Crippen molar-refractivity contribution >= 4 is 23.9 Å². The van der Waals surface area contributed by atoms with Gasteiger partial charge >= 0.3 is 12.2 Å². The van der Waals surface area contributed by atoms with Gasteiger partial charge in [0.1, 0.15) is 11.7 Å². The number of fused-ring (bicyclic) bond motifs is 1. The van der Waals surface area contributed by atoms with Crippen LogP contribution >= 0.6 is 0 Å². The maximum absolute atomic E-state index is 12.6. The number of anilines is 1. The molecule has 7 nitrogen and oxygen atoms in total. The minimum absolute atomic E-state index is 0.248. The molecule has 2 amide bonds. The Labute approximate surface area is 166 Å². The molecule has 1 saturated heterocycles. The van der Waals surface area contributed by atoms with E-state index in [-0.39, 0.29) is 12.1 Å². The zero-order valence-corrected chi connectivity index (χ0v) is 15.9. The Morgan fingerprint density at radius 2 is 1.83 bits per heavy atom. The predicted molar refractivity (Wildman–Crippen MR) is 104 cm³/mol. The van der Waals surface area contributed by atoms with Crippen LogP contribution in [0.1, 0.15) is 12.5 Å². The Morgan fingerprint density at radius 1 is 1.14 bits per heavy atom. The SMILES string of the molecule is C[C@H]1CN2C=NC(N3CCN(C(=O)Nc4ccc(C(F)(F)F)cc4)CC3)=CC2=N1. The molecule has 10 heteroatoms. The molecule has 0 bridgehead atoms. The van der Waals surface area contributed by atoms with Gasteiger partial charge in [0.15, 0.2) is 0 Å². The van der Waals surface area contributed by atoms with Crippen LogP contribution in [0.15, 0.2) is 46.1 Å². The number of halogens is 3. The molecular weight excluding hydrogens is 385 g/mol. The largest absolute Gasteiger partial charge is 0.416 e. The van der Waals surface area contributed by atoms with E-state index in [1.807, 2.05) is 11.0 Å². The summed E-state index contributed by atoms with van der Waals surface area (Å²) in [4.78, 5) is 27.2. The third-order valence-electron chi connectivity index (χ3n) is 5.05. The highest BCUT2D eigenvalue weighted by Crippen LogP contribution is 2.30. The number of amidine groups is 1. The summed E-state index contributed by atoms with van der Waals surface area (Å²) in [7, 11) is 0. The molecule has 0 spiro atoms. The van der Waals surface area contributed by atoms with Crippen molar-refractivity contribution in [1.29, 1.82) is 0 Å². The normalized spacial score (nSPS) is 21.7. The third kappa shape index (κ3) is 4.20. The second-order valence-corrected chi connectivity index (χ2v) is 7.22. The molecular formula is C19H21F3N6O. The summed E-state index contributed by atoms with van der Waals surface area (Å²) in [5.74, 6) is 1.74. The molecule has 3 aliphatic heterocycles. The Balaban J connectivity index is 1.32. The maximum atomic E-state index is 12.6. The van der Waals surface area contributed by atoms with Crippen LogP contribution in [0.4, 0.5) is 23.7 Å². The smallest absolute Gasteiger partial charge is 0.353 e. The van der Waals surface area contributed by atoms with E-state index in [0.29, 0.717) is 31.9 Å². The summed E-state index contributed by atoms with van der Waals surface area (Å²) >= 11 is 0. The van der Waals surface area contributed by atoms with Gasteiger partial charge in [-0.2, -0.15) is 13.2 Å². The lowest BCUT2D eigenvalue weighted by Crippen LogP contribution is -2.49. The zero-order valence-electron chi connectivity index (χ0n) is 15.9. The maximum Gasteiger partial charge on any atom is 0.416 e. The molecule has 4 rings (SSSR count). The number of nitrogens with zero attached hydrogens (tertiary/aromatic N) is 5. The first kappa shape index (κ1) is 19.3. The minimum Gasteiger partial charge on any atom is -0.353 e. The first-order valence-electron chi connectivity index (χ1n) is 9.38. The number of nitrogens with one attached hydrogen (secondary N) is 1. The van der Waals surface area contributed by atoms with Gasteiger partial charge in [-0.15, -0.1) is 0 Å². The van der Waals surface area contributed by atoms with Crippen LogP contribution < -0.4 is 5.32 Å². The number of urea groups is 1. The molecule has 0 aromatic heterocycles. The second kappa shape index (κ2) is 7.41. The lowest BCUT2D eigenvalue weighted by atomic mass is 10.2. The monoisotopic (exact) mass is 406 g/mol. The summed E-state index contributed by atoms with van der Waals surface area (Å²) in [6.45, 7) is 5.11. The average Bonchev–Trinajstić information content (AvgIpc) is 3.07. The fraction of sp³-hybridized carbons (Fsp3) is 0.421. The number of aliphatic imine (C=N–C) groups is 2. The average molecular weight is 406 g/mol. The van der Waals surface area contributed by atoms with Crippen molar-refractivity contribution in [1.82, 2.24) is 14.7 Å². The van der Waals surface area contributed by atoms with E-state index < -0.39 is 11.7 Å². The first-order valence-corrected chi connectivity index (χ1v) is 9.38. The van der Waals surface area contributed by atoms with Crippen molar-refractivity contribution in [3.8, 4) is 0 Å². The Bertz CT molecular complexity index is 869. The van der Waals surface area contributed by atoms with E-state index in [1.54, 1.807) is 11.2 Å². The van der Waals surface area contributed by atoms with E-state index in [2.05, 4.69) is 27.1 Å². The van der Waals surface area contributed by atoms with Gasteiger partial charge in [0.25, 0.3) is 0 Å². The van der Waals surface area contributed by atoms with Crippen LogP contribution in [0.3, 0.4) is 0 Å². The summed E-state index contributed by atoms with van der Waals surface area (Å²) in [5, 5.41) is 2.65. The lowest BCUT2D eigenvalue weighted by Gasteiger charge is -2.36. The van der Waals surface area contributed by atoms with Crippen LogP contribution in [0.5, 0.6) is 0 Å². The molecule has 154 valence electrons. The van der Waals surface area contributed by atoms with Crippen LogP contribution in [0.25, 0.3) is 0 Å². The molecule has 0 aliphatic carbocycles. The van der Waals surface area contributed by atoms with E-state index in [4.69, 9.17) is 0 Å². The second-order valence-electron chi connectivity index (χ2n) is 7.22. The number of amides is 2. The number of alkyl halides is 3. The van der Waals surface area contributed by atoms with E-state index >= 15 is 0 Å². The molecule has 1 N–H and O–H groups in total. The van der Waals surface area contributed by atoms with Gasteiger partial charge in [-0.1, -0.05) is 0 Å². The van der Waals surface area contributed by atoms with E-state index in [9.17, 15) is 18.0 Å². The fourth-order valence-electron chi connectivity index (χ4n) is 3.48. The molecule has 3 aliphatic rings. The first-order chi connectivity index (χ1) is 13.8. The van der Waals surface area contributed by atoms with Crippen molar-refractivity contribution < 1.29 is 18.0 Å². The van der Waals surface area contributed by atoms with E-state index in [1.165, 1.54) is 12.1 Å². The summed E-state index contributed by atoms with van der Waals surface area (Å²) in [6.07, 6.45) is -0.642. The molecule has 1 aromatic rings. The van der Waals surface area contributed by atoms with Gasteiger partial charge in [-0.25, -0.2) is 9.79 Å². The number of carbonyl (C=O) groups excluding carboxylic acids is 1. The van der Waals surface area contributed by atoms with Gasteiger partial charge in [0, 0.05) is 44.5 Å². The Kier molecular flexibility index (Phi) is 4.93. The van der Waals surface area contributed by atoms with Crippen molar-refractivity contribution in [3.63, 3.8) is 0 Å². The van der Waals surface area contributed by atoms with Crippen molar-refractivity contribution in [3.05, 3.63) is 41.7 Å². The number of piperazine rings is 1. The Hall–Kier alpha value is -3.04. The van der Waals surface area contributed by atoms with Crippen molar-refractivity contribution in [2.45, 2.75) is 19.1 Å². The highest BCUT2D eigenvalue weighted by molar-refractivity contribution is 6.03. The molecule has 0 radical (unpaired) electrons. The molecule has 1 aromatic carbocycles. The molecule has 29 heavy (non-hydrogen) atoms. The molecule has 1 atom stereocenters. The lowest BCUT2D eigenvalue weighted by molar-refractivity contribution is -0.137. The number of hydrogen-bond acceptors (Lipinski definition) is 5. The fourth-order valence-corrected chi connectivity index (χ4v) is 3.48. The standard InChI is InChI=1S/C19H21F3N6O/c1-13-11-28-12-23-16(10-17(28)24-13)26-6-8-27(9-7-26)18(29)25-15-4-2-14(3-5-15)19(20,21)22/h2-5,10,12-13H,6-9,11H2,1H3,(H,25,29)/t13-/m0/s1. The van der Waals surface area contributed by atoms with Gasteiger partial charge < -0.3 is 20.0 Å². The molecule has 1 fully saturated rings. The number of carbonyl (C=O) groups is 1. The van der Waals surface area contributed by atoms with Crippen LogP contribution in [-0.2, 0) is 6.18 Å². The summed E-state index contributed by atoms with van der Waals surface area (Å²) < 4.78 is 37.9. The zero-order chi connectivity index (χ0) is 20.6. The van der Waals surface area contributed by atoms with Gasteiger partial charge in [-0.05, 0) is 31.2 Å². The van der Waals surface area contributed by atoms with Gasteiger partial charge in [0.05, 0.1) is 17.9 Å². The molecule has 3 heterocycles. The predicted octanol–water partition coefficient (Wildman–Crippen LogP) is 2.84. The van der Waals surface area contributed by atoms with E-state index in [0.717, 1.165) is 30.3 Å². The van der Waals surface area contributed by atoms with Crippen molar-refractivity contribution in [2.75, 3.05) is 38.0 Å². The molecule has 0 unspecified atom stereocenters. The van der Waals surface area contributed by atoms with Crippen LogP contribution in [-0.4, -0.2) is 71.7 Å². The van der Waals surface area contributed by atoms with Crippen molar-refractivity contribution in [2.24, 2.45) is 9.98 Å². The molecule has 0 saturated carbocycles. The van der Waals surface area contributed by atoms with Crippen LogP contribution in [0, 0.1) is 0 Å². The van der Waals surface area contributed by atoms with Gasteiger partial charge in [0.2, 0.25) is 0 Å². The Morgan fingerprint density at radius 3 is 2.48 bits per heavy atom. The number of rotatable bonds is 2. The quantitative estimate of drug-likeness (QED) is 0.822. The van der Waals surface area contributed by atoms with Crippen LogP contribution in [0.2, 0.25) is 0 Å². The minimum atomic E-state index is -4.39. The number of hydrogen-bond donors (Lipinski definition) is 1. The third-order valence-corrected chi connectivity index (χ3v) is 5.05.